The van der Waals surface area contributed by atoms with Crippen LogP contribution in [0.3, 0.4) is 0 Å². The number of nitro groups is 1. The van der Waals surface area contributed by atoms with Crippen LogP contribution in [0.4, 0.5) is 10.8 Å². The van der Waals surface area contributed by atoms with Crippen LogP contribution in [-0.2, 0) is 10.0 Å². The Bertz CT molecular complexity index is 1010. The molecule has 1 atom stereocenters. The summed E-state index contributed by atoms with van der Waals surface area (Å²) in [6.07, 6.45) is 3.45. The van der Waals surface area contributed by atoms with Gasteiger partial charge in [0.15, 0.2) is 4.34 Å². The van der Waals surface area contributed by atoms with E-state index in [0.717, 1.165) is 30.7 Å². The number of hydrogen-bond donors (Lipinski definition) is 1. The molecule has 1 aliphatic rings. The van der Waals surface area contributed by atoms with Crippen LogP contribution in [0.1, 0.15) is 19.8 Å². The van der Waals surface area contributed by atoms with Crippen molar-refractivity contribution < 1.29 is 13.3 Å². The van der Waals surface area contributed by atoms with Gasteiger partial charge in [0.1, 0.15) is 0 Å². The summed E-state index contributed by atoms with van der Waals surface area (Å²) < 4.78 is 27.8. The third-order valence-electron chi connectivity index (χ3n) is 4.39. The number of piperidine rings is 1. The van der Waals surface area contributed by atoms with Gasteiger partial charge in [-0.1, -0.05) is 24.3 Å². The van der Waals surface area contributed by atoms with Crippen molar-refractivity contribution in [3.05, 3.63) is 41.0 Å². The van der Waals surface area contributed by atoms with E-state index in [1.54, 1.807) is 6.08 Å². The van der Waals surface area contributed by atoms with Gasteiger partial charge in [0, 0.05) is 25.7 Å². The minimum atomic E-state index is -3.77. The van der Waals surface area contributed by atoms with Crippen LogP contribution in [0, 0.1) is 16.0 Å². The number of aromatic nitrogens is 2. The van der Waals surface area contributed by atoms with Gasteiger partial charge in [0.05, 0.1) is 14.7 Å². The van der Waals surface area contributed by atoms with Crippen molar-refractivity contribution in [3.63, 3.8) is 0 Å². The first kappa shape index (κ1) is 21.7. The van der Waals surface area contributed by atoms with Gasteiger partial charge in [0.2, 0.25) is 15.2 Å². The van der Waals surface area contributed by atoms with E-state index >= 15 is 0 Å². The van der Waals surface area contributed by atoms with Crippen molar-refractivity contribution in [2.24, 2.45) is 5.92 Å². The Balaban J connectivity index is 1.86. The van der Waals surface area contributed by atoms with Crippen LogP contribution in [0.15, 0.2) is 45.0 Å². The van der Waals surface area contributed by atoms with E-state index in [2.05, 4.69) is 22.1 Å². The number of nitro benzene ring substituents is 1. The molecule has 1 aromatic heterocycles. The van der Waals surface area contributed by atoms with Gasteiger partial charge in [-0.3, -0.25) is 10.1 Å². The van der Waals surface area contributed by atoms with Crippen LogP contribution in [0.2, 0.25) is 0 Å². The first-order valence-corrected chi connectivity index (χ1v) is 12.0. The lowest BCUT2D eigenvalue weighted by Gasteiger charge is -2.30. The van der Waals surface area contributed by atoms with E-state index in [-0.39, 0.29) is 16.5 Å². The average Bonchev–Trinajstić information content (AvgIpc) is 3.13. The Morgan fingerprint density at radius 3 is 2.97 bits per heavy atom. The molecule has 12 heteroatoms. The second-order valence-electron chi connectivity index (χ2n) is 6.64. The molecule has 0 aliphatic carbocycles. The summed E-state index contributed by atoms with van der Waals surface area (Å²) >= 11 is 2.33. The number of benzene rings is 1. The summed E-state index contributed by atoms with van der Waals surface area (Å²) in [5.41, 5.74) is -0.267. The molecule has 1 saturated heterocycles. The third-order valence-corrected chi connectivity index (χ3v) is 8.24. The second kappa shape index (κ2) is 9.20. The van der Waals surface area contributed by atoms with E-state index in [9.17, 15) is 18.5 Å². The Morgan fingerprint density at radius 1 is 1.48 bits per heavy atom. The maximum atomic E-state index is 12.9. The number of nitrogens with zero attached hydrogens (tertiary/aromatic N) is 4. The predicted molar refractivity (Wildman–Crippen MR) is 113 cm³/mol. The fraction of sp³-hybridized carbons (Fsp3) is 0.412. The molecule has 3 rings (SSSR count). The molecule has 1 aromatic carbocycles. The molecule has 156 valence electrons. The van der Waals surface area contributed by atoms with Crippen LogP contribution < -0.4 is 5.32 Å². The molecule has 0 spiro atoms. The maximum absolute atomic E-state index is 12.9. The molecule has 2 heterocycles. The SMILES string of the molecule is C=CCNc1nnc(Sc2ccc(S(=O)(=O)N3CCCC(C)C3)cc2[N+](=O)[O-])s1. The summed E-state index contributed by atoms with van der Waals surface area (Å²) in [4.78, 5) is 11.3. The minimum Gasteiger partial charge on any atom is -0.357 e. The summed E-state index contributed by atoms with van der Waals surface area (Å²) in [5.74, 6) is 0.268. The van der Waals surface area contributed by atoms with Crippen molar-refractivity contribution in [2.75, 3.05) is 25.0 Å². The number of rotatable bonds is 8. The van der Waals surface area contributed by atoms with Gasteiger partial charge in [-0.25, -0.2) is 8.42 Å². The summed E-state index contributed by atoms with van der Waals surface area (Å²) in [6.45, 7) is 7.00. The summed E-state index contributed by atoms with van der Waals surface area (Å²) in [7, 11) is -3.77. The first-order valence-electron chi connectivity index (χ1n) is 8.96. The van der Waals surface area contributed by atoms with Gasteiger partial charge in [-0.05, 0) is 42.7 Å². The molecule has 2 aromatic rings. The molecular weight excluding hydrogens is 434 g/mol. The van der Waals surface area contributed by atoms with Crippen molar-refractivity contribution >= 4 is 43.9 Å². The van der Waals surface area contributed by atoms with Crippen molar-refractivity contribution in [3.8, 4) is 0 Å². The molecule has 0 radical (unpaired) electrons. The van der Waals surface area contributed by atoms with E-state index in [1.807, 2.05) is 6.92 Å². The smallest absolute Gasteiger partial charge is 0.284 e. The quantitative estimate of drug-likeness (QED) is 0.364. The van der Waals surface area contributed by atoms with Gasteiger partial charge in [-0.15, -0.1) is 16.8 Å². The highest BCUT2D eigenvalue weighted by atomic mass is 32.2. The van der Waals surface area contributed by atoms with Gasteiger partial charge in [0.25, 0.3) is 5.69 Å². The predicted octanol–water partition coefficient (Wildman–Crippen LogP) is 3.62. The largest absolute Gasteiger partial charge is 0.357 e. The van der Waals surface area contributed by atoms with Gasteiger partial charge in [-0.2, -0.15) is 4.31 Å². The topological polar surface area (TPSA) is 118 Å². The number of hydrogen-bond acceptors (Lipinski definition) is 9. The van der Waals surface area contributed by atoms with Crippen molar-refractivity contribution in [2.45, 2.75) is 33.9 Å². The number of sulfonamides is 1. The molecule has 0 bridgehead atoms. The molecule has 0 amide bonds. The highest BCUT2D eigenvalue weighted by Crippen LogP contribution is 2.38. The van der Waals surface area contributed by atoms with Crippen molar-refractivity contribution in [1.82, 2.24) is 14.5 Å². The molecule has 0 saturated carbocycles. The van der Waals surface area contributed by atoms with Crippen LogP contribution in [-0.4, -0.2) is 47.5 Å². The van der Waals surface area contributed by atoms with Crippen LogP contribution in [0.25, 0.3) is 0 Å². The first-order chi connectivity index (χ1) is 13.8. The standard InChI is InChI=1S/C17H21N5O4S3/c1-3-8-18-16-19-20-17(28-16)27-15-7-6-13(10-14(15)22(23)24)29(25,26)21-9-4-5-12(2)11-21/h3,6-7,10,12H,1,4-5,8-9,11H2,2H3,(H,18,19). The van der Waals surface area contributed by atoms with E-state index in [4.69, 9.17) is 0 Å². The summed E-state index contributed by atoms with van der Waals surface area (Å²) in [5, 5.41) is 23.1. The van der Waals surface area contributed by atoms with Gasteiger partial charge >= 0.3 is 0 Å². The highest BCUT2D eigenvalue weighted by molar-refractivity contribution is 8.01. The normalized spacial score (nSPS) is 17.8. The fourth-order valence-electron chi connectivity index (χ4n) is 2.98. The monoisotopic (exact) mass is 455 g/mol. The average molecular weight is 456 g/mol. The Hall–Kier alpha value is -2.02. The number of anilines is 1. The lowest BCUT2D eigenvalue weighted by Crippen LogP contribution is -2.39. The molecule has 29 heavy (non-hydrogen) atoms. The van der Waals surface area contributed by atoms with Crippen LogP contribution in [0.5, 0.6) is 0 Å². The zero-order valence-electron chi connectivity index (χ0n) is 15.8. The molecule has 1 N–H and O–H groups in total. The Morgan fingerprint density at radius 2 is 2.28 bits per heavy atom. The Kier molecular flexibility index (Phi) is 6.88. The molecule has 1 aliphatic heterocycles. The van der Waals surface area contributed by atoms with Crippen LogP contribution >= 0.6 is 23.1 Å². The fourth-order valence-corrected chi connectivity index (χ4v) is 6.40. The molecule has 1 unspecified atom stereocenters. The lowest BCUT2D eigenvalue weighted by atomic mass is 10.0. The lowest BCUT2D eigenvalue weighted by molar-refractivity contribution is -0.388. The Labute approximate surface area is 177 Å². The third kappa shape index (κ3) is 5.13. The van der Waals surface area contributed by atoms with Crippen molar-refractivity contribution in [1.29, 1.82) is 0 Å². The second-order valence-corrected chi connectivity index (χ2v) is 10.8. The van der Waals surface area contributed by atoms with E-state index in [0.29, 0.717) is 34.0 Å². The zero-order valence-corrected chi connectivity index (χ0v) is 18.2. The summed E-state index contributed by atoms with van der Waals surface area (Å²) in [6, 6.07) is 4.01. The molecule has 1 fully saturated rings. The minimum absolute atomic E-state index is 0.0618. The number of nitrogens with one attached hydrogen (secondary N) is 1. The zero-order chi connectivity index (χ0) is 21.0. The highest BCUT2D eigenvalue weighted by Gasteiger charge is 2.30. The molecule has 9 nitrogen and oxygen atoms in total. The van der Waals surface area contributed by atoms with E-state index in [1.165, 1.54) is 27.8 Å². The van der Waals surface area contributed by atoms with E-state index < -0.39 is 14.9 Å². The molecular formula is C17H21N5O4S3. The maximum Gasteiger partial charge on any atom is 0.284 e. The van der Waals surface area contributed by atoms with Gasteiger partial charge < -0.3 is 5.32 Å².